The molecule has 0 fully saturated rings. The van der Waals surface area contributed by atoms with Gasteiger partial charge in [0.1, 0.15) is 18.5 Å². The van der Waals surface area contributed by atoms with E-state index in [1.165, 1.54) is 12.1 Å². The third-order valence-electron chi connectivity index (χ3n) is 5.47. The summed E-state index contributed by atoms with van der Waals surface area (Å²) in [6.07, 6.45) is -2.45. The summed E-state index contributed by atoms with van der Waals surface area (Å²) in [5.41, 5.74) is 4.56. The molecule has 0 bridgehead atoms. The van der Waals surface area contributed by atoms with Crippen LogP contribution in [-0.2, 0) is 4.74 Å². The van der Waals surface area contributed by atoms with Crippen molar-refractivity contribution >= 4 is 12.4 Å². The summed E-state index contributed by atoms with van der Waals surface area (Å²) >= 11 is 0. The van der Waals surface area contributed by atoms with Gasteiger partial charge < -0.3 is 24.7 Å². The number of aliphatic hydroxyl groups excluding tert-OH is 2. The Labute approximate surface area is 179 Å². The predicted molar refractivity (Wildman–Crippen MR) is 113 cm³/mol. The van der Waals surface area contributed by atoms with Gasteiger partial charge in [0.05, 0.1) is 6.10 Å². The van der Waals surface area contributed by atoms with E-state index >= 15 is 0 Å². The Kier molecular flexibility index (Phi) is 6.16. The normalized spacial score (nSPS) is 14.4. The fourth-order valence-electron chi connectivity index (χ4n) is 3.91. The highest BCUT2D eigenvalue weighted by Gasteiger charge is 2.29. The van der Waals surface area contributed by atoms with Crippen LogP contribution < -0.4 is 5.32 Å². The summed E-state index contributed by atoms with van der Waals surface area (Å²) in [5.74, 6) is 0.130. The lowest BCUT2D eigenvalue weighted by atomic mass is 9.98. The topological polar surface area (TPSA) is 109 Å². The van der Waals surface area contributed by atoms with Gasteiger partial charge in [-0.1, -0.05) is 48.5 Å². The van der Waals surface area contributed by atoms with E-state index in [-0.39, 0.29) is 37.0 Å². The van der Waals surface area contributed by atoms with E-state index in [4.69, 9.17) is 9.15 Å². The van der Waals surface area contributed by atoms with E-state index in [1.807, 2.05) is 36.4 Å². The van der Waals surface area contributed by atoms with Crippen LogP contribution in [0.3, 0.4) is 0 Å². The van der Waals surface area contributed by atoms with E-state index in [9.17, 15) is 19.8 Å². The quantitative estimate of drug-likeness (QED) is 0.481. The van der Waals surface area contributed by atoms with Gasteiger partial charge in [-0.15, -0.1) is 0 Å². The number of hydrogen-bond acceptors (Lipinski definition) is 6. The first-order valence-corrected chi connectivity index (χ1v) is 10.1. The maximum absolute atomic E-state index is 12.2. The number of carbonyl (C=O) groups is 2. The summed E-state index contributed by atoms with van der Waals surface area (Å²) in [4.78, 5) is 22.8. The van der Waals surface area contributed by atoms with Crippen molar-refractivity contribution in [3.63, 3.8) is 0 Å². The van der Waals surface area contributed by atoms with Crippen LogP contribution >= 0.6 is 0 Å². The molecule has 1 aliphatic rings. The van der Waals surface area contributed by atoms with E-state index in [2.05, 4.69) is 17.4 Å². The molecular weight excluding hydrogens is 398 g/mol. The van der Waals surface area contributed by atoms with Gasteiger partial charge in [-0.25, -0.2) is 4.79 Å². The van der Waals surface area contributed by atoms with Gasteiger partial charge in [-0.2, -0.15) is 0 Å². The predicted octanol–water partition coefficient (Wildman–Crippen LogP) is 3.42. The maximum atomic E-state index is 12.2. The Morgan fingerprint density at radius 1 is 1.03 bits per heavy atom. The smallest absolute Gasteiger partial charge is 0.407 e. The zero-order chi connectivity index (χ0) is 21.8. The zero-order valence-electron chi connectivity index (χ0n) is 16.7. The Balaban J connectivity index is 1.28. The molecule has 3 N–H and O–H groups in total. The molecule has 31 heavy (non-hydrogen) atoms. The maximum Gasteiger partial charge on any atom is 0.407 e. The minimum atomic E-state index is -1.29. The SMILES string of the molecule is O=Cc1ccc(C(O)C(O)CCNC(=O)OCC2c3ccccc3-c3ccccc32)o1. The number of amides is 1. The number of furan rings is 1. The van der Waals surface area contributed by atoms with Crippen molar-refractivity contribution in [1.29, 1.82) is 0 Å². The Morgan fingerprint density at radius 2 is 1.68 bits per heavy atom. The molecule has 3 aromatic rings. The van der Waals surface area contributed by atoms with Crippen LogP contribution in [0.5, 0.6) is 0 Å². The number of aldehydes is 1. The molecule has 4 rings (SSSR count). The van der Waals surface area contributed by atoms with Gasteiger partial charge in [0.2, 0.25) is 0 Å². The molecular formula is C24H23NO6. The number of ether oxygens (including phenoxy) is 1. The van der Waals surface area contributed by atoms with E-state index in [0.29, 0.717) is 6.29 Å². The average molecular weight is 421 g/mol. The monoisotopic (exact) mass is 421 g/mol. The molecule has 7 nitrogen and oxygen atoms in total. The molecule has 0 spiro atoms. The highest BCUT2D eigenvalue weighted by molar-refractivity contribution is 5.79. The molecule has 1 heterocycles. The highest BCUT2D eigenvalue weighted by Crippen LogP contribution is 2.44. The first-order chi connectivity index (χ1) is 15.1. The first-order valence-electron chi connectivity index (χ1n) is 10.1. The van der Waals surface area contributed by atoms with Gasteiger partial charge >= 0.3 is 6.09 Å². The molecule has 7 heteroatoms. The summed E-state index contributed by atoms with van der Waals surface area (Å²) in [7, 11) is 0. The molecule has 2 aromatic carbocycles. The van der Waals surface area contributed by atoms with Crippen molar-refractivity contribution in [3.8, 4) is 11.1 Å². The molecule has 160 valence electrons. The van der Waals surface area contributed by atoms with Gasteiger partial charge in [0, 0.05) is 12.5 Å². The molecule has 0 saturated heterocycles. The first kappa shape index (κ1) is 20.8. The number of rotatable bonds is 8. The van der Waals surface area contributed by atoms with Crippen LogP contribution in [0.25, 0.3) is 11.1 Å². The van der Waals surface area contributed by atoms with E-state index in [0.717, 1.165) is 22.3 Å². The fourth-order valence-corrected chi connectivity index (χ4v) is 3.91. The molecule has 0 aliphatic heterocycles. The fraction of sp³-hybridized carbons (Fsp3) is 0.250. The second-order valence-corrected chi connectivity index (χ2v) is 7.41. The van der Waals surface area contributed by atoms with Crippen molar-refractivity contribution in [2.45, 2.75) is 24.5 Å². The zero-order valence-corrected chi connectivity index (χ0v) is 16.7. The van der Waals surface area contributed by atoms with E-state index < -0.39 is 18.3 Å². The van der Waals surface area contributed by atoms with Gasteiger partial charge in [0.15, 0.2) is 12.0 Å². The number of benzene rings is 2. The number of alkyl carbamates (subject to hydrolysis) is 1. The van der Waals surface area contributed by atoms with Gasteiger partial charge in [0.25, 0.3) is 0 Å². The summed E-state index contributed by atoms with van der Waals surface area (Å²) in [6.45, 7) is 0.308. The second-order valence-electron chi connectivity index (χ2n) is 7.41. The van der Waals surface area contributed by atoms with Gasteiger partial charge in [-0.05, 0) is 40.8 Å². The second kappa shape index (κ2) is 9.16. The summed E-state index contributed by atoms with van der Waals surface area (Å²) < 4.78 is 10.5. The van der Waals surface area contributed by atoms with Crippen molar-refractivity contribution in [2.75, 3.05) is 13.2 Å². The van der Waals surface area contributed by atoms with Crippen LogP contribution in [-0.4, -0.2) is 41.8 Å². The third kappa shape index (κ3) is 4.38. The van der Waals surface area contributed by atoms with Crippen LogP contribution in [0.1, 0.15) is 45.9 Å². The summed E-state index contributed by atoms with van der Waals surface area (Å²) in [6, 6.07) is 19.0. The minimum Gasteiger partial charge on any atom is -0.455 e. The van der Waals surface area contributed by atoms with Crippen molar-refractivity contribution in [1.82, 2.24) is 5.32 Å². The summed E-state index contributed by atoms with van der Waals surface area (Å²) in [5, 5.41) is 22.8. The minimum absolute atomic E-state index is 0.0310. The lowest BCUT2D eigenvalue weighted by molar-refractivity contribution is 0.000946. The number of carbonyl (C=O) groups excluding carboxylic acids is 2. The Morgan fingerprint density at radius 3 is 2.29 bits per heavy atom. The molecule has 0 saturated carbocycles. The number of nitrogens with one attached hydrogen (secondary N) is 1. The van der Waals surface area contributed by atoms with Gasteiger partial charge in [-0.3, -0.25) is 4.79 Å². The third-order valence-corrected chi connectivity index (χ3v) is 5.47. The van der Waals surface area contributed by atoms with Crippen molar-refractivity contribution < 1.29 is 29.0 Å². The van der Waals surface area contributed by atoms with E-state index in [1.54, 1.807) is 0 Å². The average Bonchev–Trinajstić information content (AvgIpc) is 3.40. The lowest BCUT2D eigenvalue weighted by Crippen LogP contribution is -2.30. The largest absolute Gasteiger partial charge is 0.455 e. The molecule has 2 unspecified atom stereocenters. The number of fused-ring (bicyclic) bond motifs is 3. The highest BCUT2D eigenvalue weighted by atomic mass is 16.5. The van der Waals surface area contributed by atoms with Crippen LogP contribution in [0.4, 0.5) is 4.79 Å². The molecule has 1 aliphatic carbocycles. The van der Waals surface area contributed by atoms with Crippen LogP contribution in [0.2, 0.25) is 0 Å². The Bertz CT molecular complexity index is 1030. The molecule has 0 radical (unpaired) electrons. The van der Waals surface area contributed by atoms with Crippen LogP contribution in [0.15, 0.2) is 65.1 Å². The molecule has 1 amide bonds. The Hall–Kier alpha value is -3.42. The number of aliphatic hydroxyl groups is 2. The van der Waals surface area contributed by atoms with Crippen molar-refractivity contribution in [3.05, 3.63) is 83.3 Å². The van der Waals surface area contributed by atoms with Crippen LogP contribution in [0, 0.1) is 0 Å². The lowest BCUT2D eigenvalue weighted by Gasteiger charge is -2.17. The van der Waals surface area contributed by atoms with Crippen molar-refractivity contribution in [2.24, 2.45) is 0 Å². The number of hydrogen-bond donors (Lipinski definition) is 3. The standard InChI is InChI=1S/C24H23NO6/c26-13-15-9-10-22(31-15)23(28)21(27)11-12-25-24(29)30-14-20-18-7-3-1-5-16(18)17-6-2-4-8-19(17)20/h1-10,13,20-21,23,27-28H,11-12,14H2,(H,25,29). The molecule has 1 aromatic heterocycles. The molecule has 2 atom stereocenters.